The van der Waals surface area contributed by atoms with Crippen molar-refractivity contribution < 1.29 is 4.74 Å². The van der Waals surface area contributed by atoms with E-state index in [4.69, 9.17) is 4.74 Å². The van der Waals surface area contributed by atoms with E-state index in [2.05, 4.69) is 24.5 Å². The molecule has 0 bridgehead atoms. The highest BCUT2D eigenvalue weighted by Crippen LogP contribution is 2.33. The molecule has 1 unspecified atom stereocenters. The summed E-state index contributed by atoms with van der Waals surface area (Å²) in [6.45, 7) is 10.2. The molecule has 100 valence electrons. The van der Waals surface area contributed by atoms with Gasteiger partial charge in [-0.3, -0.25) is 0 Å². The largest absolute Gasteiger partial charge is 0.381 e. The van der Waals surface area contributed by atoms with Crippen LogP contribution in [0.15, 0.2) is 0 Å². The molecule has 0 amide bonds. The van der Waals surface area contributed by atoms with Gasteiger partial charge >= 0.3 is 0 Å². The van der Waals surface area contributed by atoms with E-state index in [0.717, 1.165) is 32.2 Å². The van der Waals surface area contributed by atoms with Crippen molar-refractivity contribution in [3.63, 3.8) is 0 Å². The van der Waals surface area contributed by atoms with Gasteiger partial charge in [-0.05, 0) is 43.6 Å². The predicted molar refractivity (Wildman–Crippen MR) is 71.2 cm³/mol. The molecule has 2 N–H and O–H groups in total. The Kier molecular flexibility index (Phi) is 4.83. The summed E-state index contributed by atoms with van der Waals surface area (Å²) in [5, 5.41) is 7.22. The molecule has 2 fully saturated rings. The van der Waals surface area contributed by atoms with Crippen LogP contribution < -0.4 is 10.6 Å². The monoisotopic (exact) mass is 240 g/mol. The van der Waals surface area contributed by atoms with Gasteiger partial charge in [0.1, 0.15) is 0 Å². The Morgan fingerprint density at radius 2 is 2.00 bits per heavy atom. The molecule has 2 rings (SSSR count). The van der Waals surface area contributed by atoms with E-state index in [0.29, 0.717) is 11.5 Å². The van der Waals surface area contributed by atoms with Crippen molar-refractivity contribution in [1.82, 2.24) is 10.6 Å². The first-order chi connectivity index (χ1) is 8.18. The van der Waals surface area contributed by atoms with Crippen molar-refractivity contribution in [3.8, 4) is 0 Å². The van der Waals surface area contributed by atoms with Crippen LogP contribution in [0, 0.1) is 11.3 Å². The molecule has 0 aliphatic carbocycles. The zero-order valence-electron chi connectivity index (χ0n) is 11.4. The smallest absolute Gasteiger partial charge is 0.0468 e. The van der Waals surface area contributed by atoms with Gasteiger partial charge < -0.3 is 15.4 Å². The van der Waals surface area contributed by atoms with Crippen molar-refractivity contribution in [2.24, 2.45) is 11.3 Å². The minimum absolute atomic E-state index is 0.404. The fraction of sp³-hybridized carbons (Fsp3) is 1.00. The summed E-state index contributed by atoms with van der Waals surface area (Å²) >= 11 is 0. The number of hydrogen-bond donors (Lipinski definition) is 2. The lowest BCUT2D eigenvalue weighted by atomic mass is 9.74. The SMILES string of the molecule is CC(C)(CNC1CCCNC1)C1CCOCC1. The van der Waals surface area contributed by atoms with Gasteiger partial charge in [-0.25, -0.2) is 0 Å². The second kappa shape index (κ2) is 6.17. The molecule has 2 saturated heterocycles. The van der Waals surface area contributed by atoms with Gasteiger partial charge in [0.15, 0.2) is 0 Å². The van der Waals surface area contributed by atoms with Crippen molar-refractivity contribution in [2.45, 2.75) is 45.6 Å². The van der Waals surface area contributed by atoms with Gasteiger partial charge in [-0.15, -0.1) is 0 Å². The Balaban J connectivity index is 1.75. The van der Waals surface area contributed by atoms with Gasteiger partial charge in [0.25, 0.3) is 0 Å². The van der Waals surface area contributed by atoms with E-state index in [1.807, 2.05) is 0 Å². The van der Waals surface area contributed by atoms with Gasteiger partial charge in [0.05, 0.1) is 0 Å². The lowest BCUT2D eigenvalue weighted by Crippen LogP contribution is -2.48. The highest BCUT2D eigenvalue weighted by molar-refractivity contribution is 4.85. The fourth-order valence-corrected chi connectivity index (χ4v) is 3.06. The average molecular weight is 240 g/mol. The number of piperidine rings is 1. The summed E-state index contributed by atoms with van der Waals surface area (Å²) in [7, 11) is 0. The maximum Gasteiger partial charge on any atom is 0.0468 e. The lowest BCUT2D eigenvalue weighted by molar-refractivity contribution is 0.0217. The Bertz CT molecular complexity index is 218. The van der Waals surface area contributed by atoms with Crippen molar-refractivity contribution in [2.75, 3.05) is 32.8 Å². The van der Waals surface area contributed by atoms with E-state index >= 15 is 0 Å². The highest BCUT2D eigenvalue weighted by atomic mass is 16.5. The minimum atomic E-state index is 0.404. The first kappa shape index (κ1) is 13.3. The van der Waals surface area contributed by atoms with Crippen LogP contribution in [-0.4, -0.2) is 38.9 Å². The molecule has 0 aromatic carbocycles. The topological polar surface area (TPSA) is 33.3 Å². The zero-order valence-corrected chi connectivity index (χ0v) is 11.4. The number of hydrogen-bond acceptors (Lipinski definition) is 3. The maximum atomic E-state index is 5.46. The standard InChI is InChI=1S/C14H28N2O/c1-14(2,12-5-8-17-9-6-12)11-16-13-4-3-7-15-10-13/h12-13,15-16H,3-11H2,1-2H3. The van der Waals surface area contributed by atoms with E-state index in [1.54, 1.807) is 0 Å². The van der Waals surface area contributed by atoms with Crippen LogP contribution in [0.2, 0.25) is 0 Å². The van der Waals surface area contributed by atoms with Gasteiger partial charge in [-0.1, -0.05) is 13.8 Å². The Hall–Kier alpha value is -0.120. The molecule has 3 heteroatoms. The third-order valence-electron chi connectivity index (χ3n) is 4.47. The molecule has 0 saturated carbocycles. The third-order valence-corrected chi connectivity index (χ3v) is 4.47. The van der Waals surface area contributed by atoms with E-state index in [9.17, 15) is 0 Å². The van der Waals surface area contributed by atoms with E-state index in [-0.39, 0.29) is 0 Å². The summed E-state index contributed by atoms with van der Waals surface area (Å²) in [5.74, 6) is 0.820. The van der Waals surface area contributed by atoms with Gasteiger partial charge in [-0.2, -0.15) is 0 Å². The van der Waals surface area contributed by atoms with E-state index < -0.39 is 0 Å². The number of nitrogens with one attached hydrogen (secondary N) is 2. The van der Waals surface area contributed by atoms with Crippen LogP contribution in [0.1, 0.15) is 39.5 Å². The zero-order chi connectivity index (χ0) is 12.1. The summed E-state index contributed by atoms with van der Waals surface area (Å²) < 4.78 is 5.46. The first-order valence-electron chi connectivity index (χ1n) is 7.20. The van der Waals surface area contributed by atoms with Crippen LogP contribution in [-0.2, 0) is 4.74 Å². The molecule has 0 aromatic heterocycles. The summed E-state index contributed by atoms with van der Waals surface area (Å²) in [4.78, 5) is 0. The lowest BCUT2D eigenvalue weighted by Gasteiger charge is -2.38. The third kappa shape index (κ3) is 3.94. The maximum absolute atomic E-state index is 5.46. The second-order valence-electron chi connectivity index (χ2n) is 6.30. The predicted octanol–water partition coefficient (Wildman–Crippen LogP) is 1.78. The normalized spacial score (nSPS) is 28.2. The summed E-state index contributed by atoms with van der Waals surface area (Å²) in [6.07, 6.45) is 5.11. The molecule has 1 atom stereocenters. The molecular weight excluding hydrogens is 212 g/mol. The molecule has 0 aromatic rings. The van der Waals surface area contributed by atoms with Crippen LogP contribution in [0.3, 0.4) is 0 Å². The number of rotatable bonds is 4. The highest BCUT2D eigenvalue weighted by Gasteiger charge is 2.31. The van der Waals surface area contributed by atoms with Crippen molar-refractivity contribution in [3.05, 3.63) is 0 Å². The molecule has 17 heavy (non-hydrogen) atoms. The van der Waals surface area contributed by atoms with E-state index in [1.165, 1.54) is 32.2 Å². The summed E-state index contributed by atoms with van der Waals surface area (Å²) in [5.41, 5.74) is 0.404. The molecular formula is C14H28N2O. The summed E-state index contributed by atoms with van der Waals surface area (Å²) in [6, 6.07) is 0.683. The second-order valence-corrected chi connectivity index (χ2v) is 6.30. The molecule has 2 aliphatic rings. The molecule has 2 aliphatic heterocycles. The first-order valence-corrected chi connectivity index (χ1v) is 7.20. The van der Waals surface area contributed by atoms with Gasteiger partial charge in [0.2, 0.25) is 0 Å². The fourth-order valence-electron chi connectivity index (χ4n) is 3.06. The quantitative estimate of drug-likeness (QED) is 0.786. The minimum Gasteiger partial charge on any atom is -0.381 e. The number of ether oxygens (including phenoxy) is 1. The molecule has 0 spiro atoms. The Morgan fingerprint density at radius 3 is 2.65 bits per heavy atom. The van der Waals surface area contributed by atoms with Crippen LogP contribution >= 0.6 is 0 Å². The average Bonchev–Trinajstić information content (AvgIpc) is 2.39. The molecule has 0 radical (unpaired) electrons. The Morgan fingerprint density at radius 1 is 1.24 bits per heavy atom. The van der Waals surface area contributed by atoms with Crippen LogP contribution in [0.4, 0.5) is 0 Å². The van der Waals surface area contributed by atoms with Crippen molar-refractivity contribution in [1.29, 1.82) is 0 Å². The van der Waals surface area contributed by atoms with Crippen LogP contribution in [0.25, 0.3) is 0 Å². The molecule has 2 heterocycles. The molecule has 3 nitrogen and oxygen atoms in total. The Labute approximate surface area is 106 Å². The van der Waals surface area contributed by atoms with Gasteiger partial charge in [0, 0.05) is 32.3 Å². The van der Waals surface area contributed by atoms with Crippen molar-refractivity contribution >= 4 is 0 Å². The van der Waals surface area contributed by atoms with Crippen LogP contribution in [0.5, 0.6) is 0 Å².